The lowest BCUT2D eigenvalue weighted by Gasteiger charge is -2.07. The molecule has 0 bridgehead atoms. The highest BCUT2D eigenvalue weighted by Crippen LogP contribution is 2.24. The highest BCUT2D eigenvalue weighted by molar-refractivity contribution is 14.1. The molecule has 0 aliphatic heterocycles. The van der Waals surface area contributed by atoms with E-state index in [-0.39, 0.29) is 12.1 Å². The van der Waals surface area contributed by atoms with Gasteiger partial charge in [-0.25, -0.2) is 13.8 Å². The minimum absolute atomic E-state index is 0.201. The average molecular weight is 439 g/mol. The third-order valence-electron chi connectivity index (χ3n) is 1.59. The van der Waals surface area contributed by atoms with Crippen LogP contribution in [0.5, 0.6) is 0 Å². The van der Waals surface area contributed by atoms with Crippen LogP contribution in [0.15, 0.2) is 6.07 Å². The topological polar surface area (TPSA) is 50.2 Å². The maximum absolute atomic E-state index is 12.3. The second-order valence-electron chi connectivity index (χ2n) is 2.67. The number of carboxylic acids is 1. The molecule has 3 nitrogen and oxygen atoms in total. The molecule has 82 valence electrons. The normalized spacial score (nSPS) is 10.7. The van der Waals surface area contributed by atoms with E-state index < -0.39 is 12.4 Å². The molecule has 0 aliphatic carbocycles. The van der Waals surface area contributed by atoms with Gasteiger partial charge in [0.05, 0.1) is 6.42 Å². The van der Waals surface area contributed by atoms with Crippen LogP contribution >= 0.6 is 45.2 Å². The zero-order chi connectivity index (χ0) is 11.6. The van der Waals surface area contributed by atoms with Gasteiger partial charge in [0.1, 0.15) is 9.39 Å². The minimum atomic E-state index is -2.63. The van der Waals surface area contributed by atoms with Crippen LogP contribution < -0.4 is 0 Å². The van der Waals surface area contributed by atoms with E-state index in [1.807, 2.05) is 22.6 Å². The number of halogens is 4. The van der Waals surface area contributed by atoms with Crippen LogP contribution in [0.3, 0.4) is 0 Å². The monoisotopic (exact) mass is 439 g/mol. The molecule has 1 heterocycles. The predicted octanol–water partition coefficient (Wildman–Crippen LogP) is 2.86. The van der Waals surface area contributed by atoms with Crippen molar-refractivity contribution in [3.8, 4) is 0 Å². The van der Waals surface area contributed by atoms with Crippen molar-refractivity contribution in [1.82, 2.24) is 4.98 Å². The van der Waals surface area contributed by atoms with E-state index in [4.69, 9.17) is 5.11 Å². The number of nitrogens with zero attached hydrogens (tertiary/aromatic N) is 1. The van der Waals surface area contributed by atoms with Gasteiger partial charge in [-0.1, -0.05) is 0 Å². The number of pyridine rings is 1. The van der Waals surface area contributed by atoms with Crippen LogP contribution in [0, 0.1) is 7.27 Å². The lowest BCUT2D eigenvalue weighted by Crippen LogP contribution is -2.07. The van der Waals surface area contributed by atoms with Crippen molar-refractivity contribution in [1.29, 1.82) is 0 Å². The second kappa shape index (κ2) is 5.32. The Bertz CT molecular complexity index is 375. The molecule has 0 aliphatic rings. The summed E-state index contributed by atoms with van der Waals surface area (Å²) in [5.74, 6) is -1.00. The molecule has 0 amide bonds. The maximum atomic E-state index is 12.3. The summed E-state index contributed by atoms with van der Waals surface area (Å²) >= 11 is 3.60. The van der Waals surface area contributed by atoms with Crippen LogP contribution in [0.1, 0.15) is 17.7 Å². The number of aliphatic carboxylic acids is 1. The third kappa shape index (κ3) is 3.47. The van der Waals surface area contributed by atoms with Gasteiger partial charge in [0.25, 0.3) is 6.43 Å². The van der Waals surface area contributed by atoms with E-state index in [1.54, 1.807) is 22.6 Å². The number of carbonyl (C=O) groups is 1. The molecule has 1 aromatic rings. The second-order valence-corrected chi connectivity index (χ2v) is 4.85. The summed E-state index contributed by atoms with van der Waals surface area (Å²) in [5, 5.41) is 8.61. The largest absolute Gasteiger partial charge is 0.481 e. The zero-order valence-corrected chi connectivity index (χ0v) is 11.5. The Balaban J connectivity index is 3.15. The quantitative estimate of drug-likeness (QED) is 0.583. The van der Waals surface area contributed by atoms with Crippen LogP contribution in [0.4, 0.5) is 8.78 Å². The first-order chi connectivity index (χ1) is 6.91. The van der Waals surface area contributed by atoms with Crippen molar-refractivity contribution in [2.75, 3.05) is 0 Å². The fraction of sp³-hybridized carbons (Fsp3) is 0.250. The summed E-state index contributed by atoms with van der Waals surface area (Å²) in [4.78, 5) is 14.2. The number of alkyl halides is 2. The first kappa shape index (κ1) is 13.0. The molecule has 1 aromatic heterocycles. The highest BCUT2D eigenvalue weighted by Gasteiger charge is 2.16. The van der Waals surface area contributed by atoms with Gasteiger partial charge in [-0.05, 0) is 51.2 Å². The Morgan fingerprint density at radius 2 is 2.13 bits per heavy atom. The number of hydrogen-bond donors (Lipinski definition) is 1. The van der Waals surface area contributed by atoms with Gasteiger partial charge in [-0.2, -0.15) is 0 Å². The molecule has 0 unspecified atom stereocenters. The van der Waals surface area contributed by atoms with Gasteiger partial charge < -0.3 is 5.11 Å². The molecule has 0 aromatic carbocycles. The molecule has 0 radical (unpaired) electrons. The fourth-order valence-corrected chi connectivity index (χ4v) is 2.99. The van der Waals surface area contributed by atoms with Gasteiger partial charge in [0.2, 0.25) is 0 Å². The molecular formula is C8H5F2I2NO2. The maximum Gasteiger partial charge on any atom is 0.307 e. The van der Waals surface area contributed by atoms with Crippen molar-refractivity contribution in [2.45, 2.75) is 12.8 Å². The van der Waals surface area contributed by atoms with Crippen molar-refractivity contribution in [3.05, 3.63) is 24.6 Å². The molecule has 0 saturated carbocycles. The van der Waals surface area contributed by atoms with Gasteiger partial charge >= 0.3 is 5.97 Å². The Morgan fingerprint density at radius 1 is 1.53 bits per heavy atom. The standard InChI is InChI=1S/C8H5F2I2NO2/c9-7(10)5-2-4(11)3(1-6(14)15)8(12)13-5/h2,7H,1H2,(H,14,15). The molecule has 0 fully saturated rings. The zero-order valence-electron chi connectivity index (χ0n) is 7.18. The Morgan fingerprint density at radius 3 is 2.53 bits per heavy atom. The number of hydrogen-bond acceptors (Lipinski definition) is 2. The van der Waals surface area contributed by atoms with E-state index >= 15 is 0 Å². The van der Waals surface area contributed by atoms with E-state index in [0.29, 0.717) is 12.8 Å². The molecule has 1 N–H and O–H groups in total. The Hall–Kier alpha value is -0.0600. The van der Waals surface area contributed by atoms with Gasteiger partial charge in [0.15, 0.2) is 0 Å². The fourth-order valence-electron chi connectivity index (χ4n) is 0.949. The summed E-state index contributed by atoms with van der Waals surface area (Å²) in [6.45, 7) is 0. The van der Waals surface area contributed by atoms with Gasteiger partial charge in [-0.15, -0.1) is 0 Å². The average Bonchev–Trinajstić information content (AvgIpc) is 2.10. The molecule has 0 atom stereocenters. The van der Waals surface area contributed by atoms with Gasteiger partial charge in [0, 0.05) is 9.13 Å². The van der Waals surface area contributed by atoms with Crippen LogP contribution in [0.2, 0.25) is 0 Å². The number of aromatic nitrogens is 1. The predicted molar refractivity (Wildman–Crippen MR) is 66.0 cm³/mol. The minimum Gasteiger partial charge on any atom is -0.481 e. The van der Waals surface area contributed by atoms with Crippen LogP contribution in [0.25, 0.3) is 0 Å². The van der Waals surface area contributed by atoms with Crippen LogP contribution in [-0.4, -0.2) is 16.1 Å². The number of carboxylic acid groups (broad SMARTS) is 1. The molecule has 0 saturated heterocycles. The van der Waals surface area contributed by atoms with Gasteiger partial charge in [-0.3, -0.25) is 4.79 Å². The van der Waals surface area contributed by atoms with Crippen molar-refractivity contribution >= 4 is 51.2 Å². The molecule has 7 heteroatoms. The molecule has 15 heavy (non-hydrogen) atoms. The lowest BCUT2D eigenvalue weighted by molar-refractivity contribution is -0.136. The van der Waals surface area contributed by atoms with Crippen molar-refractivity contribution in [3.63, 3.8) is 0 Å². The number of rotatable bonds is 3. The summed E-state index contributed by atoms with van der Waals surface area (Å²) in [7, 11) is 0. The van der Waals surface area contributed by atoms with E-state index in [9.17, 15) is 13.6 Å². The summed E-state index contributed by atoms with van der Waals surface area (Å²) in [5.41, 5.74) is 0.158. The molecule has 1 rings (SSSR count). The molecule has 0 spiro atoms. The van der Waals surface area contributed by atoms with Crippen molar-refractivity contribution in [2.24, 2.45) is 0 Å². The summed E-state index contributed by atoms with van der Waals surface area (Å²) in [6.07, 6.45) is -2.83. The SMILES string of the molecule is O=C(O)Cc1c(I)cc(C(F)F)nc1I. The lowest BCUT2D eigenvalue weighted by atomic mass is 10.2. The summed E-state index contributed by atoms with van der Waals surface area (Å²) < 4.78 is 25.5. The van der Waals surface area contributed by atoms with E-state index in [0.717, 1.165) is 0 Å². The third-order valence-corrected chi connectivity index (χ3v) is 3.45. The van der Waals surface area contributed by atoms with E-state index in [1.165, 1.54) is 6.07 Å². The van der Waals surface area contributed by atoms with Crippen LogP contribution in [-0.2, 0) is 11.2 Å². The highest BCUT2D eigenvalue weighted by atomic mass is 127. The molecular weight excluding hydrogens is 434 g/mol. The Labute approximate surface area is 112 Å². The first-order valence-corrected chi connectivity index (χ1v) is 5.92. The Kier molecular flexibility index (Phi) is 4.62. The first-order valence-electron chi connectivity index (χ1n) is 3.76. The summed E-state index contributed by atoms with van der Waals surface area (Å²) in [6, 6.07) is 1.21. The van der Waals surface area contributed by atoms with Crippen molar-refractivity contribution < 1.29 is 18.7 Å². The smallest absolute Gasteiger partial charge is 0.307 e. The van der Waals surface area contributed by atoms with E-state index in [2.05, 4.69) is 4.98 Å².